The first-order valence-electron chi connectivity index (χ1n) is 26.4. The predicted octanol–water partition coefficient (Wildman–Crippen LogP) is 19.0. The Kier molecular flexibility index (Phi) is 10.0. The Balaban J connectivity index is 1.06. The summed E-state index contributed by atoms with van der Waals surface area (Å²) in [6.45, 7) is 0. The number of hydrogen-bond acceptors (Lipinski definition) is 2. The average molecular weight is 967 g/mol. The zero-order valence-corrected chi connectivity index (χ0v) is 41.8. The first-order chi connectivity index (χ1) is 37.7. The van der Waals surface area contributed by atoms with Gasteiger partial charge in [0.05, 0.1) is 27.9 Å². The molecule has 0 saturated heterocycles. The van der Waals surface area contributed by atoms with Gasteiger partial charge in [-0.3, -0.25) is 0 Å². The Labute approximate surface area is 444 Å². The van der Waals surface area contributed by atoms with Gasteiger partial charge in [0, 0.05) is 28.2 Å². The number of hydrogen-bond donors (Lipinski definition) is 0. The minimum Gasteiger partial charge on any atom is -0.310 e. The zero-order valence-electron chi connectivity index (χ0n) is 41.8. The lowest BCUT2D eigenvalue weighted by Gasteiger charge is -2.45. The molecule has 356 valence electrons. The highest BCUT2D eigenvalue weighted by Gasteiger charge is 2.52. The maximum atomic E-state index is 2.59. The highest BCUT2D eigenvalue weighted by atomic mass is 15.2. The van der Waals surface area contributed by atoms with Crippen LogP contribution in [0, 0.1) is 0 Å². The molecule has 0 aromatic heterocycles. The molecule has 0 N–H and O–H groups in total. The molecule has 15 rings (SSSR count). The molecule has 12 aromatic carbocycles. The maximum absolute atomic E-state index is 2.59. The van der Waals surface area contributed by atoms with Crippen LogP contribution in [-0.4, -0.2) is 0 Å². The van der Waals surface area contributed by atoms with Crippen LogP contribution >= 0.6 is 0 Å². The topological polar surface area (TPSA) is 6.48 Å². The fraction of sp³-hybridized carbons (Fsp3) is 0.0270. The van der Waals surface area contributed by atoms with Crippen LogP contribution in [0.1, 0.15) is 44.5 Å². The van der Waals surface area contributed by atoms with Crippen LogP contribution in [0.3, 0.4) is 0 Å². The van der Waals surface area contributed by atoms with E-state index in [9.17, 15) is 0 Å². The van der Waals surface area contributed by atoms with Crippen LogP contribution in [0.15, 0.2) is 303 Å². The molecular formula is C74H50N2. The Morgan fingerprint density at radius 3 is 1.09 bits per heavy atom. The smallest absolute Gasteiger partial charge is 0.0755 e. The van der Waals surface area contributed by atoms with E-state index in [2.05, 4.69) is 313 Å². The molecule has 0 unspecified atom stereocenters. The van der Waals surface area contributed by atoms with E-state index in [4.69, 9.17) is 0 Å². The monoisotopic (exact) mass is 966 g/mol. The number of nitrogens with zero attached hydrogens (tertiary/aromatic N) is 2. The molecule has 1 aliphatic heterocycles. The lowest BCUT2D eigenvalue weighted by molar-refractivity contribution is 0.752. The van der Waals surface area contributed by atoms with E-state index in [1.54, 1.807) is 0 Å². The van der Waals surface area contributed by atoms with E-state index in [1.165, 1.54) is 78.1 Å². The standard InChI is InChI=1S/C74H50N2/c1-6-25-51(26-7-1)58-37-24-38-59(52-27-8-2-9-28-52)72(58)75(56-45-47-62-60-35-16-18-39-64(60)73(68(62)49-56,53-29-10-3-11-30-53)54-31-12-4-13-32-54)57-46-48-63-61-36-17-19-40-65(61)74(69(63)50-57)66-41-20-22-43-70(66)76(55-33-14-5-15-34-55)71-44-23-21-42-67(71)74/h1-50H. The van der Waals surface area contributed by atoms with Gasteiger partial charge in [-0.15, -0.1) is 0 Å². The number of benzene rings is 12. The average Bonchev–Trinajstić information content (AvgIpc) is 4.07. The van der Waals surface area contributed by atoms with Gasteiger partial charge in [0.1, 0.15) is 0 Å². The van der Waals surface area contributed by atoms with Gasteiger partial charge < -0.3 is 9.80 Å². The second-order valence-corrected chi connectivity index (χ2v) is 20.3. The van der Waals surface area contributed by atoms with E-state index in [0.29, 0.717) is 0 Å². The first-order valence-corrected chi connectivity index (χ1v) is 26.4. The summed E-state index contributed by atoms with van der Waals surface area (Å²) in [5, 5.41) is 0. The molecule has 0 radical (unpaired) electrons. The van der Waals surface area contributed by atoms with Gasteiger partial charge in [-0.1, -0.05) is 255 Å². The first kappa shape index (κ1) is 43.8. The number of rotatable bonds is 8. The molecule has 0 atom stereocenters. The summed E-state index contributed by atoms with van der Waals surface area (Å²) in [5.74, 6) is 0. The van der Waals surface area contributed by atoms with Crippen molar-refractivity contribution in [3.63, 3.8) is 0 Å². The molecule has 0 saturated carbocycles. The summed E-state index contributed by atoms with van der Waals surface area (Å²) < 4.78 is 0. The second kappa shape index (κ2) is 17.4. The van der Waals surface area contributed by atoms with Gasteiger partial charge in [-0.2, -0.15) is 0 Å². The Morgan fingerprint density at radius 2 is 0.605 bits per heavy atom. The Hall–Kier alpha value is -9.76. The van der Waals surface area contributed by atoms with Crippen molar-refractivity contribution in [3.05, 3.63) is 348 Å². The van der Waals surface area contributed by atoms with Crippen molar-refractivity contribution in [2.75, 3.05) is 9.80 Å². The minimum atomic E-state index is -0.650. The second-order valence-electron chi connectivity index (χ2n) is 20.3. The third-order valence-corrected chi connectivity index (χ3v) is 16.5. The lowest BCUT2D eigenvalue weighted by Crippen LogP contribution is -2.36. The van der Waals surface area contributed by atoms with E-state index >= 15 is 0 Å². The molecule has 12 aromatic rings. The van der Waals surface area contributed by atoms with Crippen molar-refractivity contribution in [2.24, 2.45) is 0 Å². The largest absolute Gasteiger partial charge is 0.310 e. The normalized spacial score (nSPS) is 13.7. The van der Waals surface area contributed by atoms with Crippen molar-refractivity contribution >= 4 is 34.1 Å². The van der Waals surface area contributed by atoms with E-state index in [-0.39, 0.29) is 0 Å². The van der Waals surface area contributed by atoms with Crippen molar-refractivity contribution in [1.29, 1.82) is 0 Å². The van der Waals surface area contributed by atoms with E-state index in [0.717, 1.165) is 45.0 Å². The lowest BCUT2D eigenvalue weighted by atomic mass is 9.64. The molecule has 0 amide bonds. The number of para-hydroxylation sites is 4. The number of fused-ring (bicyclic) bond motifs is 12. The highest BCUT2D eigenvalue weighted by molar-refractivity contribution is 6.01. The SMILES string of the molecule is c1ccc(-c2cccc(-c3ccccc3)c2N(c2ccc3c(c2)C(c2ccccc2)(c2ccccc2)c2ccccc2-3)c2ccc3c(c2)C2(c4ccccc4-3)c3ccccc3N(c3ccccc3)c3ccccc32)cc1. The van der Waals surface area contributed by atoms with Crippen molar-refractivity contribution in [3.8, 4) is 44.5 Å². The predicted molar refractivity (Wildman–Crippen MR) is 315 cm³/mol. The molecule has 2 heteroatoms. The molecular weight excluding hydrogens is 917 g/mol. The summed E-state index contributed by atoms with van der Waals surface area (Å²) in [4.78, 5) is 5.05. The highest BCUT2D eigenvalue weighted by Crippen LogP contribution is 2.65. The van der Waals surface area contributed by atoms with Crippen LogP contribution in [0.2, 0.25) is 0 Å². The van der Waals surface area contributed by atoms with Crippen LogP contribution < -0.4 is 9.80 Å². The molecule has 3 aliphatic rings. The summed E-state index contributed by atoms with van der Waals surface area (Å²) in [6.07, 6.45) is 0. The van der Waals surface area contributed by atoms with E-state index in [1.807, 2.05) is 0 Å². The van der Waals surface area contributed by atoms with Crippen LogP contribution in [0.5, 0.6) is 0 Å². The molecule has 76 heavy (non-hydrogen) atoms. The molecule has 0 bridgehead atoms. The summed E-state index contributed by atoms with van der Waals surface area (Å²) in [7, 11) is 0. The van der Waals surface area contributed by atoms with Gasteiger partial charge in [-0.25, -0.2) is 0 Å². The van der Waals surface area contributed by atoms with Crippen molar-refractivity contribution in [2.45, 2.75) is 10.8 Å². The molecule has 2 nitrogen and oxygen atoms in total. The Morgan fingerprint density at radius 1 is 0.250 bits per heavy atom. The zero-order chi connectivity index (χ0) is 50.2. The molecule has 0 fully saturated rings. The molecule has 2 aliphatic carbocycles. The van der Waals surface area contributed by atoms with Gasteiger partial charge in [0.15, 0.2) is 0 Å². The van der Waals surface area contributed by atoms with Crippen LogP contribution in [0.25, 0.3) is 44.5 Å². The van der Waals surface area contributed by atoms with Crippen LogP contribution in [-0.2, 0) is 10.8 Å². The summed E-state index contributed by atoms with van der Waals surface area (Å²) in [6, 6.07) is 113. The van der Waals surface area contributed by atoms with Gasteiger partial charge in [0.2, 0.25) is 0 Å². The fourth-order valence-electron chi connectivity index (χ4n) is 13.6. The number of anilines is 6. The van der Waals surface area contributed by atoms with Crippen molar-refractivity contribution in [1.82, 2.24) is 0 Å². The van der Waals surface area contributed by atoms with Gasteiger partial charge in [0.25, 0.3) is 0 Å². The third kappa shape index (κ3) is 6.28. The maximum Gasteiger partial charge on any atom is 0.0755 e. The fourth-order valence-corrected chi connectivity index (χ4v) is 13.6. The molecule has 1 heterocycles. The van der Waals surface area contributed by atoms with Crippen molar-refractivity contribution < 1.29 is 0 Å². The van der Waals surface area contributed by atoms with Gasteiger partial charge in [-0.05, 0) is 126 Å². The van der Waals surface area contributed by atoms with Gasteiger partial charge >= 0.3 is 0 Å². The third-order valence-electron chi connectivity index (χ3n) is 16.5. The minimum absolute atomic E-state index is 0.596. The quantitative estimate of drug-likeness (QED) is 0.150. The summed E-state index contributed by atoms with van der Waals surface area (Å²) >= 11 is 0. The Bertz CT molecular complexity index is 4020. The molecule has 1 spiro atoms. The summed E-state index contributed by atoms with van der Waals surface area (Å²) in [5.41, 5.74) is 25.2. The van der Waals surface area contributed by atoms with E-state index < -0.39 is 10.8 Å². The van der Waals surface area contributed by atoms with Crippen LogP contribution in [0.4, 0.5) is 34.1 Å².